The zero-order valence-corrected chi connectivity index (χ0v) is 16.4. The van der Waals surface area contributed by atoms with Crippen molar-refractivity contribution in [1.82, 2.24) is 9.78 Å². The lowest BCUT2D eigenvalue weighted by molar-refractivity contribution is -0.173. The van der Waals surface area contributed by atoms with Gasteiger partial charge in [0.15, 0.2) is 11.7 Å². The molecule has 0 aliphatic carbocycles. The van der Waals surface area contributed by atoms with Crippen LogP contribution in [-0.2, 0) is 0 Å². The largest absolute Gasteiger partial charge is 0.410 e. The average Bonchev–Trinajstić information content (AvgIpc) is 3.31. The van der Waals surface area contributed by atoms with Crippen molar-refractivity contribution >= 4 is 40.4 Å². The van der Waals surface area contributed by atoms with Gasteiger partial charge >= 0.3 is 6.18 Å². The van der Waals surface area contributed by atoms with Crippen LogP contribution in [0.3, 0.4) is 0 Å². The highest BCUT2D eigenvalue weighted by atomic mass is 35.5. The quantitative estimate of drug-likeness (QED) is 0.484. The van der Waals surface area contributed by atoms with E-state index in [9.17, 15) is 26.7 Å². The highest BCUT2D eigenvalue weighted by Crippen LogP contribution is 2.46. The van der Waals surface area contributed by atoms with E-state index in [0.717, 1.165) is 12.1 Å². The molecule has 0 saturated heterocycles. The van der Waals surface area contributed by atoms with Gasteiger partial charge in [0.2, 0.25) is 0 Å². The van der Waals surface area contributed by atoms with Crippen LogP contribution in [0.4, 0.5) is 33.5 Å². The van der Waals surface area contributed by atoms with E-state index in [4.69, 9.17) is 11.6 Å². The standard InChI is InChI=1S/C18H12ClF5N4OS/c19-14-15(17(29)26-10-4-3-8(20)6-9(10)21)27-28-13(18(22,23)24)7-11(25-16(14)28)12-2-1-5-30-12/h1-6,11,13,25H,7H2,(H,26,29). The molecule has 3 heterocycles. The number of nitrogens with one attached hydrogen (secondary N) is 2. The monoisotopic (exact) mass is 462 g/mol. The van der Waals surface area contributed by atoms with E-state index in [1.165, 1.54) is 11.3 Å². The fourth-order valence-corrected chi connectivity index (χ4v) is 4.24. The summed E-state index contributed by atoms with van der Waals surface area (Å²) in [6.07, 6.45) is -4.98. The molecule has 4 rings (SSSR count). The second-order valence-corrected chi connectivity index (χ2v) is 7.90. The van der Waals surface area contributed by atoms with Gasteiger partial charge < -0.3 is 10.6 Å². The number of fused-ring (bicyclic) bond motifs is 1. The average molecular weight is 463 g/mol. The first-order chi connectivity index (χ1) is 14.1. The Hall–Kier alpha value is -2.66. The van der Waals surface area contributed by atoms with Gasteiger partial charge in [-0.3, -0.25) is 4.79 Å². The third-order valence-corrected chi connectivity index (χ3v) is 5.92. The summed E-state index contributed by atoms with van der Waals surface area (Å²) in [7, 11) is 0. The number of anilines is 2. The van der Waals surface area contributed by atoms with E-state index in [-0.39, 0.29) is 22.9 Å². The van der Waals surface area contributed by atoms with Crippen LogP contribution in [0, 0.1) is 11.6 Å². The van der Waals surface area contributed by atoms with Gasteiger partial charge in [-0.25, -0.2) is 13.5 Å². The van der Waals surface area contributed by atoms with Gasteiger partial charge in [-0.05, 0) is 23.6 Å². The summed E-state index contributed by atoms with van der Waals surface area (Å²) in [5, 5.41) is 10.2. The third-order valence-electron chi connectivity index (χ3n) is 4.58. The van der Waals surface area contributed by atoms with Crippen molar-refractivity contribution in [2.45, 2.75) is 24.7 Å². The third kappa shape index (κ3) is 3.74. The first-order valence-electron chi connectivity index (χ1n) is 8.56. The summed E-state index contributed by atoms with van der Waals surface area (Å²) in [6.45, 7) is 0. The van der Waals surface area contributed by atoms with E-state index in [1.807, 2.05) is 0 Å². The summed E-state index contributed by atoms with van der Waals surface area (Å²) in [5.41, 5.74) is -0.871. The van der Waals surface area contributed by atoms with E-state index >= 15 is 0 Å². The summed E-state index contributed by atoms with van der Waals surface area (Å²) >= 11 is 7.47. The van der Waals surface area contributed by atoms with Crippen LogP contribution in [0.15, 0.2) is 35.7 Å². The predicted octanol–water partition coefficient (Wildman–Crippen LogP) is 5.79. The smallest absolute Gasteiger partial charge is 0.361 e. The first kappa shape index (κ1) is 20.6. The molecule has 0 spiro atoms. The predicted molar refractivity (Wildman–Crippen MR) is 102 cm³/mol. The summed E-state index contributed by atoms with van der Waals surface area (Å²) < 4.78 is 68.6. The van der Waals surface area contributed by atoms with Gasteiger partial charge in [-0.1, -0.05) is 17.7 Å². The number of halogens is 6. The number of carbonyl (C=O) groups excluding carboxylic acids is 1. The lowest BCUT2D eigenvalue weighted by atomic mass is 10.0. The molecule has 0 saturated carbocycles. The number of rotatable bonds is 3. The maximum atomic E-state index is 13.8. The lowest BCUT2D eigenvalue weighted by Crippen LogP contribution is -2.35. The molecule has 1 aliphatic heterocycles. The summed E-state index contributed by atoms with van der Waals surface area (Å²) in [4.78, 5) is 13.2. The van der Waals surface area contributed by atoms with Crippen molar-refractivity contribution in [3.8, 4) is 0 Å². The Labute approximate surface area is 175 Å². The fraction of sp³-hybridized carbons (Fsp3) is 0.222. The summed E-state index contributed by atoms with van der Waals surface area (Å²) in [6, 6.07) is 3.18. The molecule has 12 heteroatoms. The molecule has 5 nitrogen and oxygen atoms in total. The molecule has 0 fully saturated rings. The molecule has 2 aromatic heterocycles. The molecule has 0 bridgehead atoms. The minimum atomic E-state index is -4.64. The molecule has 1 aliphatic rings. The minimum Gasteiger partial charge on any atom is -0.361 e. The van der Waals surface area contributed by atoms with E-state index in [0.29, 0.717) is 15.6 Å². The molecule has 0 radical (unpaired) electrons. The van der Waals surface area contributed by atoms with Crippen molar-refractivity contribution in [3.05, 3.63) is 62.9 Å². The fourth-order valence-electron chi connectivity index (χ4n) is 3.18. The number of nitrogens with zero attached hydrogens (tertiary/aromatic N) is 2. The topological polar surface area (TPSA) is 59.0 Å². The number of amides is 1. The SMILES string of the molecule is O=C(Nc1ccc(F)cc1F)c1nn2c(c1Cl)NC(c1cccs1)CC2C(F)(F)F. The van der Waals surface area contributed by atoms with Crippen LogP contribution in [0.1, 0.15) is 33.9 Å². The Morgan fingerprint density at radius 2 is 2.07 bits per heavy atom. The summed E-state index contributed by atoms with van der Waals surface area (Å²) in [5.74, 6) is -3.08. The van der Waals surface area contributed by atoms with Crippen molar-refractivity contribution in [1.29, 1.82) is 0 Å². The number of aromatic nitrogens is 2. The van der Waals surface area contributed by atoms with E-state index < -0.39 is 41.5 Å². The maximum absolute atomic E-state index is 13.8. The number of carbonyl (C=O) groups is 1. The minimum absolute atomic E-state index is 0.159. The molecular formula is C18H12ClF5N4OS. The van der Waals surface area contributed by atoms with Crippen LogP contribution in [0.2, 0.25) is 5.02 Å². The normalized spacial score (nSPS) is 18.6. The Kier molecular flexibility index (Phi) is 5.18. The van der Waals surface area contributed by atoms with Gasteiger partial charge in [0.1, 0.15) is 22.5 Å². The molecule has 158 valence electrons. The van der Waals surface area contributed by atoms with Gasteiger partial charge in [0.05, 0.1) is 11.7 Å². The van der Waals surface area contributed by atoms with E-state index in [1.54, 1.807) is 17.5 Å². The first-order valence-corrected chi connectivity index (χ1v) is 9.82. The van der Waals surface area contributed by atoms with Crippen molar-refractivity contribution < 1.29 is 26.7 Å². The maximum Gasteiger partial charge on any atom is 0.410 e. The van der Waals surface area contributed by atoms with Gasteiger partial charge in [-0.2, -0.15) is 18.3 Å². The second-order valence-electron chi connectivity index (χ2n) is 6.54. The Morgan fingerprint density at radius 1 is 1.30 bits per heavy atom. The number of alkyl halides is 3. The second kappa shape index (κ2) is 7.55. The molecule has 1 aromatic carbocycles. The zero-order valence-electron chi connectivity index (χ0n) is 14.8. The van der Waals surface area contributed by atoms with Crippen molar-refractivity contribution in [2.75, 3.05) is 10.6 Å². The van der Waals surface area contributed by atoms with Crippen LogP contribution in [0.25, 0.3) is 0 Å². The van der Waals surface area contributed by atoms with Crippen LogP contribution >= 0.6 is 22.9 Å². The van der Waals surface area contributed by atoms with Crippen LogP contribution in [-0.4, -0.2) is 21.9 Å². The van der Waals surface area contributed by atoms with Crippen molar-refractivity contribution in [3.63, 3.8) is 0 Å². The van der Waals surface area contributed by atoms with Gasteiger partial charge in [0.25, 0.3) is 5.91 Å². The molecule has 3 aromatic rings. The number of thiophene rings is 1. The highest BCUT2D eigenvalue weighted by Gasteiger charge is 2.48. The Bertz CT molecular complexity index is 1100. The zero-order chi connectivity index (χ0) is 21.6. The number of hydrogen-bond donors (Lipinski definition) is 2. The number of benzene rings is 1. The molecule has 2 atom stereocenters. The van der Waals surface area contributed by atoms with E-state index in [2.05, 4.69) is 15.7 Å². The Balaban J connectivity index is 1.70. The molecular weight excluding hydrogens is 451 g/mol. The highest BCUT2D eigenvalue weighted by molar-refractivity contribution is 7.10. The molecule has 2 N–H and O–H groups in total. The van der Waals surface area contributed by atoms with Crippen molar-refractivity contribution in [2.24, 2.45) is 0 Å². The number of hydrogen-bond acceptors (Lipinski definition) is 4. The van der Waals surface area contributed by atoms with Crippen LogP contribution < -0.4 is 10.6 Å². The molecule has 30 heavy (non-hydrogen) atoms. The van der Waals surface area contributed by atoms with Crippen LogP contribution in [0.5, 0.6) is 0 Å². The lowest BCUT2D eigenvalue weighted by Gasteiger charge is -2.32. The molecule has 2 unspecified atom stereocenters. The molecule has 1 amide bonds. The Morgan fingerprint density at radius 3 is 2.70 bits per heavy atom. The van der Waals surface area contributed by atoms with Gasteiger partial charge in [0, 0.05) is 17.4 Å². The van der Waals surface area contributed by atoms with Gasteiger partial charge in [-0.15, -0.1) is 11.3 Å².